The molecule has 106 valence electrons. The van der Waals surface area contributed by atoms with E-state index in [0.717, 1.165) is 0 Å². The molecular weight excluding hydrogens is 271 g/mol. The van der Waals surface area contributed by atoms with Crippen LogP contribution in [-0.4, -0.2) is 22.8 Å². The molecule has 0 amide bonds. The van der Waals surface area contributed by atoms with E-state index in [1.54, 1.807) is 0 Å². The first-order chi connectivity index (χ1) is 7.62. The summed E-state index contributed by atoms with van der Waals surface area (Å²) >= 11 is 0. The van der Waals surface area contributed by atoms with E-state index in [4.69, 9.17) is 14.3 Å². The first-order valence-corrected chi connectivity index (χ1v) is 8.26. The highest BCUT2D eigenvalue weighted by atomic mass is 32.3. The molecule has 3 N–H and O–H groups in total. The van der Waals surface area contributed by atoms with Gasteiger partial charge in [0.05, 0.1) is 0 Å². The van der Waals surface area contributed by atoms with E-state index in [2.05, 4.69) is 17.8 Å². The number of rotatable bonds is 7. The molecule has 0 saturated carbocycles. The third-order valence-electron chi connectivity index (χ3n) is 1.65. The largest absolute Gasteiger partial charge is 0.486 e. The Hall–Kier alpha value is 0.0200. The fraction of sp³-hybridized carbons (Fsp3) is 1.00. The third kappa shape index (κ3) is 25.9. The molecule has 0 heterocycles. The van der Waals surface area contributed by atoms with Crippen LogP contribution in [0.15, 0.2) is 0 Å². The van der Waals surface area contributed by atoms with Crippen molar-refractivity contribution in [2.24, 2.45) is 0 Å². The molecule has 0 bridgehead atoms. The summed E-state index contributed by atoms with van der Waals surface area (Å²) in [6, 6.07) is 0. The average Bonchev–Trinajstić information content (AvgIpc) is 2.07. The zero-order chi connectivity index (χ0) is 13.9. The lowest BCUT2D eigenvalue weighted by atomic mass is 10.1. The highest BCUT2D eigenvalue weighted by Crippen LogP contribution is 2.37. The molecule has 0 radical (unpaired) electrons. The predicted octanol–water partition coefficient (Wildman–Crippen LogP) is 2.27. The summed E-state index contributed by atoms with van der Waals surface area (Å²) in [7, 11) is -10.2. The fourth-order valence-electron chi connectivity index (χ4n) is 0.976. The van der Waals surface area contributed by atoms with E-state index < -0.39 is 18.2 Å². The monoisotopic (exact) mass is 292 g/mol. The standard InChI is InChI=1S/C8H18.H3O7PS/c1-3-5-7-8-6-4-2;1-8(2,3)7-9(4,5)6/h3-8H2,1-2H3;(H2,1,2,3)(H,4,5,6). The van der Waals surface area contributed by atoms with Gasteiger partial charge in [0.2, 0.25) is 0 Å². The van der Waals surface area contributed by atoms with Gasteiger partial charge in [-0.3, -0.25) is 4.55 Å². The average molecular weight is 292 g/mol. The minimum absolute atomic E-state index is 1.36. The maximum Gasteiger partial charge on any atom is 0.486 e. The van der Waals surface area contributed by atoms with Crippen molar-refractivity contribution in [2.75, 3.05) is 0 Å². The van der Waals surface area contributed by atoms with Crippen LogP contribution < -0.4 is 0 Å². The lowest BCUT2D eigenvalue weighted by Gasteiger charge is -1.97. The van der Waals surface area contributed by atoms with Gasteiger partial charge in [-0.25, -0.2) is 4.57 Å². The van der Waals surface area contributed by atoms with Gasteiger partial charge in [0, 0.05) is 0 Å². The van der Waals surface area contributed by atoms with E-state index in [-0.39, 0.29) is 0 Å². The summed E-state index contributed by atoms with van der Waals surface area (Å²) in [5.74, 6) is 0. The molecule has 17 heavy (non-hydrogen) atoms. The van der Waals surface area contributed by atoms with E-state index in [9.17, 15) is 13.0 Å². The molecule has 0 aromatic heterocycles. The zero-order valence-corrected chi connectivity index (χ0v) is 11.8. The molecular formula is C8H21O7PS. The van der Waals surface area contributed by atoms with Crippen LogP contribution in [0.1, 0.15) is 52.4 Å². The number of unbranched alkanes of at least 4 members (excludes halogenated alkanes) is 5. The molecule has 0 aromatic rings. The molecule has 9 heteroatoms. The second-order valence-electron chi connectivity index (χ2n) is 3.41. The van der Waals surface area contributed by atoms with Crippen molar-refractivity contribution < 1.29 is 31.3 Å². The van der Waals surface area contributed by atoms with Crippen LogP contribution in [0.4, 0.5) is 0 Å². The first kappa shape index (κ1) is 19.4. The van der Waals surface area contributed by atoms with Gasteiger partial charge in [-0.1, -0.05) is 52.4 Å². The molecule has 0 aliphatic heterocycles. The summed E-state index contributed by atoms with van der Waals surface area (Å²) in [6.45, 7) is 4.51. The molecule has 0 fully saturated rings. The Kier molecular flexibility index (Phi) is 11.4. The van der Waals surface area contributed by atoms with Gasteiger partial charge < -0.3 is 9.79 Å². The second kappa shape index (κ2) is 9.99. The third-order valence-corrected chi connectivity index (χ3v) is 3.18. The number of phosphoric acid groups is 1. The quantitative estimate of drug-likeness (QED) is 0.374. The molecule has 0 saturated heterocycles. The number of hydrogen-bond acceptors (Lipinski definition) is 4. The van der Waals surface area contributed by atoms with Crippen molar-refractivity contribution in [3.05, 3.63) is 0 Å². The molecule has 0 unspecified atom stereocenters. The fourth-order valence-corrected chi connectivity index (χ4v) is 1.96. The van der Waals surface area contributed by atoms with Crippen LogP contribution in [0.5, 0.6) is 0 Å². The Morgan fingerprint density at radius 3 is 1.47 bits per heavy atom. The van der Waals surface area contributed by atoms with Gasteiger partial charge in [0.1, 0.15) is 0 Å². The van der Waals surface area contributed by atoms with Crippen LogP contribution in [-0.2, 0) is 18.9 Å². The van der Waals surface area contributed by atoms with Gasteiger partial charge in [0.25, 0.3) is 0 Å². The lowest BCUT2D eigenvalue weighted by Crippen LogP contribution is -2.00. The molecule has 0 spiro atoms. The van der Waals surface area contributed by atoms with Crippen molar-refractivity contribution in [1.29, 1.82) is 0 Å². The van der Waals surface area contributed by atoms with Gasteiger partial charge in [-0.2, -0.15) is 8.42 Å². The van der Waals surface area contributed by atoms with E-state index in [1.807, 2.05) is 0 Å². The predicted molar refractivity (Wildman–Crippen MR) is 63.7 cm³/mol. The summed E-state index contributed by atoms with van der Waals surface area (Å²) in [5, 5.41) is 0. The van der Waals surface area contributed by atoms with Gasteiger partial charge in [-0.05, 0) is 0 Å². The Morgan fingerprint density at radius 2 is 1.35 bits per heavy atom. The summed E-state index contributed by atoms with van der Waals surface area (Å²) in [4.78, 5) is 15.4. The van der Waals surface area contributed by atoms with Crippen molar-refractivity contribution in [1.82, 2.24) is 0 Å². The summed E-state index contributed by atoms with van der Waals surface area (Å²) < 4.78 is 39.0. The van der Waals surface area contributed by atoms with Gasteiger partial charge in [-0.15, -0.1) is 3.97 Å². The van der Waals surface area contributed by atoms with Gasteiger partial charge in [0.15, 0.2) is 0 Å². The Labute approximate surface area is 102 Å². The van der Waals surface area contributed by atoms with Crippen molar-refractivity contribution >= 4 is 18.2 Å². The zero-order valence-electron chi connectivity index (χ0n) is 10.1. The molecule has 0 aliphatic carbocycles. The Balaban J connectivity index is 0. The maximum atomic E-state index is 9.58. The van der Waals surface area contributed by atoms with Crippen LogP contribution >= 0.6 is 7.82 Å². The highest BCUT2D eigenvalue weighted by Gasteiger charge is 2.22. The smallest absolute Gasteiger partial charge is 0.302 e. The van der Waals surface area contributed by atoms with Crippen LogP contribution in [0, 0.1) is 0 Å². The molecule has 0 atom stereocenters. The first-order valence-electron chi connectivity index (χ1n) is 5.36. The van der Waals surface area contributed by atoms with Crippen molar-refractivity contribution in [3.8, 4) is 0 Å². The highest BCUT2D eigenvalue weighted by molar-refractivity contribution is 7.85. The number of hydrogen-bond donors (Lipinski definition) is 3. The van der Waals surface area contributed by atoms with Crippen molar-refractivity contribution in [3.63, 3.8) is 0 Å². The molecule has 0 aliphatic rings. The Morgan fingerprint density at radius 1 is 1.00 bits per heavy atom. The normalized spacial score (nSPS) is 11.8. The molecule has 7 nitrogen and oxygen atoms in total. The van der Waals surface area contributed by atoms with Gasteiger partial charge >= 0.3 is 18.2 Å². The SMILES string of the molecule is CCCCCCCC.O=P(O)(O)OS(=O)(=O)O. The maximum absolute atomic E-state index is 9.58. The topological polar surface area (TPSA) is 121 Å². The van der Waals surface area contributed by atoms with Crippen LogP contribution in [0.2, 0.25) is 0 Å². The lowest BCUT2D eigenvalue weighted by molar-refractivity contribution is 0.268. The Bertz CT molecular complexity index is 302. The minimum Gasteiger partial charge on any atom is -0.302 e. The van der Waals surface area contributed by atoms with E-state index in [1.165, 1.54) is 38.5 Å². The van der Waals surface area contributed by atoms with Crippen LogP contribution in [0.3, 0.4) is 0 Å². The molecule has 0 rings (SSSR count). The molecule has 0 aromatic carbocycles. The van der Waals surface area contributed by atoms with Crippen molar-refractivity contribution in [2.45, 2.75) is 52.4 Å². The summed E-state index contributed by atoms with van der Waals surface area (Å²) in [6.07, 6.45) is 8.49. The minimum atomic E-state index is -5.13. The summed E-state index contributed by atoms with van der Waals surface area (Å²) in [5.41, 5.74) is 0. The van der Waals surface area contributed by atoms with E-state index >= 15 is 0 Å². The van der Waals surface area contributed by atoms with E-state index in [0.29, 0.717) is 0 Å². The van der Waals surface area contributed by atoms with Crippen LogP contribution in [0.25, 0.3) is 0 Å². The second-order valence-corrected chi connectivity index (χ2v) is 5.84.